The van der Waals surface area contributed by atoms with E-state index in [0.717, 1.165) is 17.2 Å². The molecular formula is C18H23N3O3. The van der Waals surface area contributed by atoms with Crippen molar-refractivity contribution >= 4 is 11.6 Å². The normalized spacial score (nSPS) is 12.4. The Morgan fingerprint density at radius 3 is 2.38 bits per heavy atom. The molecule has 0 aliphatic carbocycles. The van der Waals surface area contributed by atoms with E-state index in [9.17, 15) is 0 Å². The Morgan fingerprint density at radius 2 is 1.71 bits per heavy atom. The SMILES string of the molecule is COc1ccc(OC(C)CN=C(N)Nc2ccccc2OC)cc1. The first-order valence-electron chi connectivity index (χ1n) is 7.63. The van der Waals surface area contributed by atoms with Crippen LogP contribution in [-0.2, 0) is 0 Å². The number of aliphatic imine (C=N–C) groups is 1. The maximum Gasteiger partial charge on any atom is 0.193 e. The Morgan fingerprint density at radius 1 is 1.04 bits per heavy atom. The molecule has 1 atom stereocenters. The molecule has 0 radical (unpaired) electrons. The Labute approximate surface area is 142 Å². The molecule has 2 rings (SSSR count). The summed E-state index contributed by atoms with van der Waals surface area (Å²) >= 11 is 0. The average Bonchev–Trinajstić information content (AvgIpc) is 2.61. The molecule has 6 heteroatoms. The van der Waals surface area contributed by atoms with Crippen molar-refractivity contribution in [2.45, 2.75) is 13.0 Å². The minimum Gasteiger partial charge on any atom is -0.497 e. The van der Waals surface area contributed by atoms with Crippen LogP contribution in [-0.4, -0.2) is 32.8 Å². The molecule has 6 nitrogen and oxygen atoms in total. The van der Waals surface area contributed by atoms with Gasteiger partial charge < -0.3 is 25.3 Å². The van der Waals surface area contributed by atoms with Gasteiger partial charge in [0, 0.05) is 0 Å². The fourth-order valence-corrected chi connectivity index (χ4v) is 2.08. The Bertz CT molecular complexity index is 671. The summed E-state index contributed by atoms with van der Waals surface area (Å²) in [6.45, 7) is 2.37. The highest BCUT2D eigenvalue weighted by Crippen LogP contribution is 2.22. The molecule has 0 aliphatic rings. The van der Waals surface area contributed by atoms with E-state index in [4.69, 9.17) is 19.9 Å². The van der Waals surface area contributed by atoms with Crippen molar-refractivity contribution in [2.24, 2.45) is 10.7 Å². The van der Waals surface area contributed by atoms with Crippen molar-refractivity contribution in [3.05, 3.63) is 48.5 Å². The van der Waals surface area contributed by atoms with Crippen LogP contribution in [0, 0.1) is 0 Å². The van der Waals surface area contributed by atoms with Crippen LogP contribution in [0.4, 0.5) is 5.69 Å². The second-order valence-corrected chi connectivity index (χ2v) is 5.16. The van der Waals surface area contributed by atoms with Crippen LogP contribution in [0.25, 0.3) is 0 Å². The molecule has 0 saturated carbocycles. The Balaban J connectivity index is 1.88. The van der Waals surface area contributed by atoms with E-state index in [0.29, 0.717) is 18.3 Å². The van der Waals surface area contributed by atoms with Crippen LogP contribution in [0.1, 0.15) is 6.92 Å². The zero-order valence-corrected chi connectivity index (χ0v) is 14.2. The van der Waals surface area contributed by atoms with Gasteiger partial charge in [-0.15, -0.1) is 0 Å². The fraction of sp³-hybridized carbons (Fsp3) is 0.278. The third-order valence-corrected chi connectivity index (χ3v) is 3.29. The summed E-state index contributed by atoms with van der Waals surface area (Å²) in [6, 6.07) is 14.9. The number of guanidine groups is 1. The second-order valence-electron chi connectivity index (χ2n) is 5.16. The Hall–Kier alpha value is -2.89. The molecule has 0 spiro atoms. The highest BCUT2D eigenvalue weighted by Gasteiger charge is 2.06. The summed E-state index contributed by atoms with van der Waals surface area (Å²) in [5.74, 6) is 2.57. The molecule has 128 valence electrons. The molecule has 0 bridgehead atoms. The standard InChI is InChI=1S/C18H23N3O3/c1-13(24-15-10-8-14(22-2)9-11-15)12-20-18(19)21-16-6-4-5-7-17(16)23-3/h4-11,13H,12H2,1-3H3,(H3,19,20,21). The number of nitrogens with zero attached hydrogens (tertiary/aromatic N) is 1. The molecule has 0 aliphatic heterocycles. The number of hydrogen-bond acceptors (Lipinski definition) is 4. The lowest BCUT2D eigenvalue weighted by molar-refractivity contribution is 0.230. The van der Waals surface area contributed by atoms with E-state index >= 15 is 0 Å². The van der Waals surface area contributed by atoms with Crippen LogP contribution >= 0.6 is 0 Å². The summed E-state index contributed by atoms with van der Waals surface area (Å²) in [5.41, 5.74) is 6.69. The van der Waals surface area contributed by atoms with E-state index in [1.165, 1.54) is 0 Å². The van der Waals surface area contributed by atoms with E-state index in [-0.39, 0.29) is 6.10 Å². The van der Waals surface area contributed by atoms with Gasteiger partial charge in [0.2, 0.25) is 0 Å². The van der Waals surface area contributed by atoms with E-state index in [1.807, 2.05) is 55.5 Å². The molecule has 1 unspecified atom stereocenters. The van der Waals surface area contributed by atoms with Gasteiger partial charge in [-0.3, -0.25) is 0 Å². The van der Waals surface area contributed by atoms with Crippen molar-refractivity contribution in [1.82, 2.24) is 0 Å². The number of nitrogens with one attached hydrogen (secondary N) is 1. The predicted octanol–water partition coefficient (Wildman–Crippen LogP) is 2.90. The van der Waals surface area contributed by atoms with Crippen LogP contribution < -0.4 is 25.3 Å². The third-order valence-electron chi connectivity index (χ3n) is 3.29. The van der Waals surface area contributed by atoms with Gasteiger partial charge in [0.05, 0.1) is 26.5 Å². The van der Waals surface area contributed by atoms with Gasteiger partial charge in [-0.2, -0.15) is 0 Å². The lowest BCUT2D eigenvalue weighted by Gasteiger charge is -2.14. The average molecular weight is 329 g/mol. The molecule has 0 saturated heterocycles. The zero-order chi connectivity index (χ0) is 17.4. The van der Waals surface area contributed by atoms with Crippen molar-refractivity contribution in [1.29, 1.82) is 0 Å². The third kappa shape index (κ3) is 5.08. The molecule has 0 fully saturated rings. The first kappa shape index (κ1) is 17.5. The molecule has 2 aromatic carbocycles. The zero-order valence-electron chi connectivity index (χ0n) is 14.2. The molecule has 0 amide bonds. The smallest absolute Gasteiger partial charge is 0.193 e. The molecule has 3 N–H and O–H groups in total. The molecular weight excluding hydrogens is 306 g/mol. The monoisotopic (exact) mass is 329 g/mol. The van der Waals surface area contributed by atoms with Crippen molar-refractivity contribution < 1.29 is 14.2 Å². The number of nitrogens with two attached hydrogens (primary N) is 1. The second kappa shape index (κ2) is 8.67. The summed E-state index contributed by atoms with van der Waals surface area (Å²) in [6.07, 6.45) is -0.114. The summed E-state index contributed by atoms with van der Waals surface area (Å²) < 4.78 is 16.2. The van der Waals surface area contributed by atoms with Gasteiger partial charge in [0.25, 0.3) is 0 Å². The minimum atomic E-state index is -0.114. The first-order valence-corrected chi connectivity index (χ1v) is 7.63. The van der Waals surface area contributed by atoms with Gasteiger partial charge in [0.1, 0.15) is 23.4 Å². The molecule has 24 heavy (non-hydrogen) atoms. The van der Waals surface area contributed by atoms with Gasteiger partial charge in [0.15, 0.2) is 5.96 Å². The maximum absolute atomic E-state index is 5.92. The first-order chi connectivity index (χ1) is 11.6. The summed E-state index contributed by atoms with van der Waals surface area (Å²) in [5, 5.41) is 3.03. The van der Waals surface area contributed by atoms with E-state index in [1.54, 1.807) is 14.2 Å². The largest absolute Gasteiger partial charge is 0.497 e. The number of methoxy groups -OCH3 is 2. The molecule has 0 heterocycles. The molecule has 2 aromatic rings. The summed E-state index contributed by atoms with van der Waals surface area (Å²) in [7, 11) is 3.24. The lowest BCUT2D eigenvalue weighted by Crippen LogP contribution is -2.25. The summed E-state index contributed by atoms with van der Waals surface area (Å²) in [4.78, 5) is 4.30. The minimum absolute atomic E-state index is 0.114. The number of benzene rings is 2. The van der Waals surface area contributed by atoms with Crippen LogP contribution in [0.2, 0.25) is 0 Å². The highest BCUT2D eigenvalue weighted by molar-refractivity contribution is 5.93. The fourth-order valence-electron chi connectivity index (χ4n) is 2.08. The van der Waals surface area contributed by atoms with Gasteiger partial charge in [-0.05, 0) is 43.3 Å². The van der Waals surface area contributed by atoms with E-state index in [2.05, 4.69) is 10.3 Å². The van der Waals surface area contributed by atoms with Gasteiger partial charge >= 0.3 is 0 Å². The number of ether oxygens (including phenoxy) is 3. The van der Waals surface area contributed by atoms with Crippen LogP contribution in [0.15, 0.2) is 53.5 Å². The number of rotatable bonds is 7. The number of anilines is 1. The highest BCUT2D eigenvalue weighted by atomic mass is 16.5. The molecule has 0 aromatic heterocycles. The van der Waals surface area contributed by atoms with Crippen molar-refractivity contribution in [3.8, 4) is 17.2 Å². The lowest BCUT2D eigenvalue weighted by atomic mass is 10.3. The van der Waals surface area contributed by atoms with Gasteiger partial charge in [-0.1, -0.05) is 12.1 Å². The predicted molar refractivity (Wildman–Crippen MR) is 96.2 cm³/mol. The Kier molecular flexibility index (Phi) is 6.31. The van der Waals surface area contributed by atoms with E-state index < -0.39 is 0 Å². The van der Waals surface area contributed by atoms with Crippen LogP contribution in [0.3, 0.4) is 0 Å². The maximum atomic E-state index is 5.92. The van der Waals surface area contributed by atoms with Crippen LogP contribution in [0.5, 0.6) is 17.2 Å². The van der Waals surface area contributed by atoms with Crippen molar-refractivity contribution in [2.75, 3.05) is 26.1 Å². The number of para-hydroxylation sites is 2. The topological polar surface area (TPSA) is 78.1 Å². The number of hydrogen-bond donors (Lipinski definition) is 2. The quantitative estimate of drug-likeness (QED) is 0.603. The van der Waals surface area contributed by atoms with Gasteiger partial charge in [-0.25, -0.2) is 4.99 Å². The van der Waals surface area contributed by atoms with Crippen molar-refractivity contribution in [3.63, 3.8) is 0 Å².